The highest BCUT2D eigenvalue weighted by Crippen LogP contribution is 2.31. The molecule has 2 aromatic carbocycles. The van der Waals surface area contributed by atoms with E-state index in [2.05, 4.69) is 15.5 Å². The Hall–Kier alpha value is -3.24. The van der Waals surface area contributed by atoms with Crippen molar-refractivity contribution in [2.45, 2.75) is 50.8 Å². The summed E-state index contributed by atoms with van der Waals surface area (Å²) in [4.78, 5) is 17.5. The third-order valence-corrected chi connectivity index (χ3v) is 8.14. The summed E-state index contributed by atoms with van der Waals surface area (Å²) >= 11 is 0. The molecule has 1 N–H and O–H groups in total. The van der Waals surface area contributed by atoms with Crippen molar-refractivity contribution in [1.82, 2.24) is 14.4 Å². The van der Waals surface area contributed by atoms with E-state index in [9.17, 15) is 13.2 Å². The van der Waals surface area contributed by atoms with Crippen molar-refractivity contribution in [1.29, 1.82) is 0 Å². The van der Waals surface area contributed by atoms with Crippen LogP contribution in [0.2, 0.25) is 0 Å². The third-order valence-electron chi connectivity index (χ3n) is 6.25. The number of carbonyl (C=O) groups excluding carboxylic acids is 1. The monoisotopic (exact) mass is 512 g/mol. The van der Waals surface area contributed by atoms with Crippen LogP contribution in [0.3, 0.4) is 0 Å². The highest BCUT2D eigenvalue weighted by atomic mass is 32.2. The van der Waals surface area contributed by atoms with Gasteiger partial charge in [-0.15, -0.1) is 0 Å². The van der Waals surface area contributed by atoms with Crippen molar-refractivity contribution in [2.75, 3.05) is 25.5 Å². The smallest absolute Gasteiger partial charge is 0.246 e. The van der Waals surface area contributed by atoms with Crippen LogP contribution in [0, 0.1) is 12.8 Å². The second-order valence-electron chi connectivity index (χ2n) is 9.42. The second kappa shape index (κ2) is 10.8. The highest BCUT2D eigenvalue weighted by Gasteiger charge is 2.35. The van der Waals surface area contributed by atoms with Crippen molar-refractivity contribution in [3.05, 3.63) is 65.3 Å². The molecule has 10 heteroatoms. The maximum Gasteiger partial charge on any atom is 0.246 e. The molecular weight excluding hydrogens is 480 g/mol. The molecule has 0 radical (unpaired) electrons. The van der Waals surface area contributed by atoms with E-state index in [0.29, 0.717) is 49.0 Å². The molecule has 1 saturated heterocycles. The molecule has 1 aliphatic heterocycles. The molecule has 1 atom stereocenters. The van der Waals surface area contributed by atoms with Gasteiger partial charge < -0.3 is 14.6 Å². The minimum atomic E-state index is -3.80. The van der Waals surface area contributed by atoms with Crippen LogP contribution < -0.4 is 10.1 Å². The Morgan fingerprint density at radius 1 is 1.22 bits per heavy atom. The number of hydrogen-bond acceptors (Lipinski definition) is 7. The number of ether oxygens (including phenoxy) is 1. The summed E-state index contributed by atoms with van der Waals surface area (Å²) in [5.41, 5.74) is 2.47. The van der Waals surface area contributed by atoms with Gasteiger partial charge in [-0.2, -0.15) is 9.29 Å². The predicted octanol–water partition coefficient (Wildman–Crippen LogP) is 4.14. The van der Waals surface area contributed by atoms with E-state index < -0.39 is 15.9 Å². The number of hydrogen-bond donors (Lipinski definition) is 1. The van der Waals surface area contributed by atoms with Gasteiger partial charge in [-0.1, -0.05) is 37.2 Å². The summed E-state index contributed by atoms with van der Waals surface area (Å²) in [7, 11) is -2.35. The zero-order valence-corrected chi connectivity index (χ0v) is 21.8. The Labute approximate surface area is 211 Å². The van der Waals surface area contributed by atoms with Crippen LogP contribution >= 0.6 is 0 Å². The zero-order chi connectivity index (χ0) is 25.9. The number of aryl methyl sites for hydroxylation is 1. The normalized spacial score (nSPS) is 16.8. The van der Waals surface area contributed by atoms with E-state index in [-0.39, 0.29) is 23.3 Å². The molecule has 0 spiro atoms. The summed E-state index contributed by atoms with van der Waals surface area (Å²) < 4.78 is 38.7. The maximum absolute atomic E-state index is 13.4. The lowest BCUT2D eigenvalue weighted by molar-refractivity contribution is -0.120. The van der Waals surface area contributed by atoms with Gasteiger partial charge in [0.05, 0.1) is 13.0 Å². The minimum Gasteiger partial charge on any atom is -0.495 e. The summed E-state index contributed by atoms with van der Waals surface area (Å²) in [6.07, 6.45) is 1.76. The molecule has 1 unspecified atom stereocenters. The predicted molar refractivity (Wildman–Crippen MR) is 135 cm³/mol. The molecular formula is C26H32N4O5S. The Morgan fingerprint density at radius 2 is 1.97 bits per heavy atom. The lowest BCUT2D eigenvalue weighted by atomic mass is 9.98. The molecule has 0 aliphatic carbocycles. The number of carbonyl (C=O) groups is 1. The number of rotatable bonds is 8. The van der Waals surface area contributed by atoms with Crippen molar-refractivity contribution >= 4 is 21.6 Å². The second-order valence-corrected chi connectivity index (χ2v) is 11.3. The van der Waals surface area contributed by atoms with Crippen molar-refractivity contribution in [3.63, 3.8) is 0 Å². The Morgan fingerprint density at radius 3 is 2.64 bits per heavy atom. The topological polar surface area (TPSA) is 115 Å². The molecule has 2 heterocycles. The first-order valence-electron chi connectivity index (χ1n) is 12.0. The fourth-order valence-electron chi connectivity index (χ4n) is 4.21. The summed E-state index contributed by atoms with van der Waals surface area (Å²) in [6.45, 7) is 6.32. The highest BCUT2D eigenvalue weighted by molar-refractivity contribution is 7.89. The fraction of sp³-hybridized carbons (Fsp3) is 0.423. The van der Waals surface area contributed by atoms with Crippen LogP contribution in [-0.4, -0.2) is 49.0 Å². The number of amides is 1. The molecule has 3 aromatic rings. The summed E-state index contributed by atoms with van der Waals surface area (Å²) in [5.74, 6) is 1.06. The van der Waals surface area contributed by atoms with Crippen molar-refractivity contribution < 1.29 is 22.5 Å². The Bertz CT molecular complexity index is 1320. The summed E-state index contributed by atoms with van der Waals surface area (Å²) in [5, 5.41) is 6.94. The molecule has 1 aliphatic rings. The first-order chi connectivity index (χ1) is 17.2. The van der Waals surface area contributed by atoms with E-state index >= 15 is 0 Å². The zero-order valence-electron chi connectivity index (χ0n) is 21.0. The molecule has 1 fully saturated rings. The van der Waals surface area contributed by atoms with Gasteiger partial charge in [-0.3, -0.25) is 4.79 Å². The number of aromatic nitrogens is 2. The SMILES string of the molecule is COc1ccc(C)cc1S(=O)(=O)N1CCCC(C(=O)Nc2ccc(Cc3noc(C(C)C)n3)cc2)C1. The summed E-state index contributed by atoms with van der Waals surface area (Å²) in [6, 6.07) is 12.5. The number of nitrogens with zero attached hydrogens (tertiary/aromatic N) is 3. The average Bonchev–Trinajstić information content (AvgIpc) is 3.34. The van der Waals surface area contributed by atoms with Gasteiger partial charge in [0.15, 0.2) is 5.82 Å². The van der Waals surface area contributed by atoms with E-state index in [1.807, 2.05) is 45.0 Å². The van der Waals surface area contributed by atoms with Crippen molar-refractivity contribution in [3.8, 4) is 5.75 Å². The van der Waals surface area contributed by atoms with Crippen LogP contribution in [-0.2, 0) is 21.2 Å². The number of piperidine rings is 1. The third kappa shape index (κ3) is 5.76. The van der Waals surface area contributed by atoms with Gasteiger partial charge in [0, 0.05) is 31.1 Å². The van der Waals surface area contributed by atoms with Gasteiger partial charge in [0.2, 0.25) is 21.8 Å². The van der Waals surface area contributed by atoms with Gasteiger partial charge in [-0.05, 0) is 55.2 Å². The molecule has 36 heavy (non-hydrogen) atoms. The van der Waals surface area contributed by atoms with Crippen molar-refractivity contribution in [2.24, 2.45) is 5.92 Å². The molecule has 1 aromatic heterocycles. The van der Waals surface area contributed by atoms with Crippen LogP contribution in [0.1, 0.15) is 55.4 Å². The number of methoxy groups -OCH3 is 1. The van der Waals surface area contributed by atoms with E-state index in [0.717, 1.165) is 11.1 Å². The molecule has 0 bridgehead atoms. The molecule has 192 valence electrons. The fourth-order valence-corrected chi connectivity index (χ4v) is 5.97. The first-order valence-corrected chi connectivity index (χ1v) is 13.5. The number of sulfonamides is 1. The van der Waals surface area contributed by atoms with Crippen LogP contribution in [0.5, 0.6) is 5.75 Å². The molecule has 4 rings (SSSR count). The quantitative estimate of drug-likeness (QED) is 0.482. The van der Waals surface area contributed by atoms with Gasteiger partial charge in [0.25, 0.3) is 0 Å². The van der Waals surface area contributed by atoms with E-state index in [1.54, 1.807) is 18.2 Å². The van der Waals surface area contributed by atoms with Gasteiger partial charge in [0.1, 0.15) is 10.6 Å². The standard InChI is InChI=1S/C26H32N4O5S/c1-17(2)26-28-24(29-35-26)15-19-8-10-21(11-9-19)27-25(31)20-6-5-13-30(16-20)36(32,33)23-14-18(3)7-12-22(23)34-4/h7-12,14,17,20H,5-6,13,15-16H2,1-4H3,(H,27,31). The first kappa shape index (κ1) is 25.8. The van der Waals surface area contributed by atoms with Crippen LogP contribution in [0.4, 0.5) is 5.69 Å². The lowest BCUT2D eigenvalue weighted by Gasteiger charge is -2.31. The van der Waals surface area contributed by atoms with Crippen LogP contribution in [0.15, 0.2) is 51.9 Å². The average molecular weight is 513 g/mol. The molecule has 9 nitrogen and oxygen atoms in total. The Kier molecular flexibility index (Phi) is 7.75. The Balaban J connectivity index is 1.40. The lowest BCUT2D eigenvalue weighted by Crippen LogP contribution is -2.43. The van der Waals surface area contributed by atoms with E-state index in [1.165, 1.54) is 11.4 Å². The largest absolute Gasteiger partial charge is 0.495 e. The number of nitrogens with one attached hydrogen (secondary N) is 1. The van der Waals surface area contributed by atoms with Gasteiger partial charge >= 0.3 is 0 Å². The number of benzene rings is 2. The van der Waals surface area contributed by atoms with Gasteiger partial charge in [-0.25, -0.2) is 8.42 Å². The molecule has 1 amide bonds. The molecule has 0 saturated carbocycles. The minimum absolute atomic E-state index is 0.124. The number of anilines is 1. The maximum atomic E-state index is 13.4. The van der Waals surface area contributed by atoms with Crippen LogP contribution in [0.25, 0.3) is 0 Å². The van der Waals surface area contributed by atoms with E-state index in [4.69, 9.17) is 9.26 Å².